The average Bonchev–Trinajstić information content (AvgIpc) is 3.59. The molecule has 200 valence electrons. The van der Waals surface area contributed by atoms with E-state index in [-0.39, 0.29) is 51.0 Å². The van der Waals surface area contributed by atoms with Crippen molar-refractivity contribution in [3.63, 3.8) is 0 Å². The monoisotopic (exact) mass is 646 g/mol. The molecule has 0 aromatic heterocycles. The van der Waals surface area contributed by atoms with Gasteiger partial charge < -0.3 is 0 Å². The van der Waals surface area contributed by atoms with Gasteiger partial charge in [0.15, 0.2) is 0 Å². The normalized spacial score (nSPS) is 10.1. The van der Waals surface area contributed by atoms with E-state index in [1.807, 2.05) is 72.8 Å². The summed E-state index contributed by atoms with van der Waals surface area (Å²) in [4.78, 5) is 0. The second-order valence-corrected chi connectivity index (χ2v) is 8.95. The molecule has 0 bridgehead atoms. The van der Waals surface area contributed by atoms with Crippen LogP contribution in [0.25, 0.3) is 22.3 Å². The van der Waals surface area contributed by atoms with Gasteiger partial charge >= 0.3 is 26.2 Å². The Kier molecular flexibility index (Phi) is 15.1. The molecule has 0 saturated carbocycles. The molecule has 8 rings (SSSR count). The largest absolute Gasteiger partial charge is 4.00 e. The smallest absolute Gasteiger partial charge is 0.184 e. The first-order chi connectivity index (χ1) is 18.9. The molecule has 0 fully saturated rings. The summed E-state index contributed by atoms with van der Waals surface area (Å²) in [6.45, 7) is 0. The molecular weight excluding hydrogens is 619 g/mol. The van der Waals surface area contributed by atoms with Crippen LogP contribution in [-0.4, -0.2) is 0 Å². The molecule has 0 saturated heterocycles. The summed E-state index contributed by atoms with van der Waals surface area (Å²) in [5.41, 5.74) is 11.0. The molecule has 0 radical (unpaired) electrons. The Bertz CT molecular complexity index is 1310. The Morgan fingerprint density at radius 1 is 0.366 bits per heavy atom. The van der Waals surface area contributed by atoms with Gasteiger partial charge in [-0.2, -0.15) is 132 Å². The van der Waals surface area contributed by atoms with Crippen molar-refractivity contribution in [1.29, 1.82) is 0 Å². The minimum absolute atomic E-state index is 0. The SMILES string of the molecule is Cl.Cl.[Zr+4].[c-]1cccc2c1Cc1ccccc1-2.[c-]1cccc2c1Cc1ccccc1-2.[c-]1ccccc1.[c-]1ccccc1. The maximum Gasteiger partial charge on any atom is 4.00 e. The minimum atomic E-state index is 0. The van der Waals surface area contributed by atoms with Crippen molar-refractivity contribution in [1.82, 2.24) is 0 Å². The van der Waals surface area contributed by atoms with Crippen LogP contribution >= 0.6 is 24.8 Å². The molecule has 0 N–H and O–H groups in total. The summed E-state index contributed by atoms with van der Waals surface area (Å²) in [5, 5.41) is 0. The summed E-state index contributed by atoms with van der Waals surface area (Å²) >= 11 is 0. The van der Waals surface area contributed by atoms with Crippen LogP contribution in [0.5, 0.6) is 0 Å². The third kappa shape index (κ3) is 9.41. The molecular formula is C38H30Cl2Zr. The second-order valence-electron chi connectivity index (χ2n) is 8.95. The molecule has 0 heterocycles. The third-order valence-electron chi connectivity index (χ3n) is 6.45. The first kappa shape index (κ1) is 34.0. The fourth-order valence-electron chi connectivity index (χ4n) is 4.68. The van der Waals surface area contributed by atoms with Crippen molar-refractivity contribution >= 4 is 24.8 Å². The van der Waals surface area contributed by atoms with Crippen LogP contribution in [0.2, 0.25) is 0 Å². The van der Waals surface area contributed by atoms with Crippen LogP contribution < -0.4 is 0 Å². The topological polar surface area (TPSA) is 0 Å². The molecule has 0 atom stereocenters. The Hall–Kier alpha value is -3.22. The summed E-state index contributed by atoms with van der Waals surface area (Å²) in [6, 6.07) is 61.2. The zero-order valence-electron chi connectivity index (χ0n) is 22.6. The van der Waals surface area contributed by atoms with Crippen LogP contribution in [-0.2, 0) is 39.0 Å². The van der Waals surface area contributed by atoms with E-state index in [0.29, 0.717) is 0 Å². The summed E-state index contributed by atoms with van der Waals surface area (Å²) < 4.78 is 0. The third-order valence-corrected chi connectivity index (χ3v) is 6.45. The molecule has 3 heteroatoms. The van der Waals surface area contributed by atoms with Gasteiger partial charge in [0.1, 0.15) is 0 Å². The number of benzene rings is 6. The fraction of sp³-hybridized carbons (Fsp3) is 0.0526. The van der Waals surface area contributed by atoms with Gasteiger partial charge in [-0.15, -0.1) is 35.9 Å². The fourth-order valence-corrected chi connectivity index (χ4v) is 4.68. The standard InChI is InChI=1S/2C13H9.2C6H5.2ClH.Zr/c2*1-3-7-12-10(5-1)9-11-6-2-4-8-13(11)12;2*1-2-4-6-5-3-1;;;/h2*1-5,7-8H,9H2;2*1-5H;2*1H;/q4*-1;;;+4. The van der Waals surface area contributed by atoms with Crippen molar-refractivity contribution < 1.29 is 26.2 Å². The maximum atomic E-state index is 3.30. The van der Waals surface area contributed by atoms with E-state index in [0.717, 1.165) is 12.8 Å². The number of rotatable bonds is 0. The molecule has 0 aliphatic heterocycles. The number of fused-ring (bicyclic) bond motifs is 6. The van der Waals surface area contributed by atoms with Gasteiger partial charge in [-0.25, -0.2) is 0 Å². The van der Waals surface area contributed by atoms with Gasteiger partial charge in [-0.05, 0) is 12.8 Å². The van der Waals surface area contributed by atoms with E-state index in [2.05, 4.69) is 97.1 Å². The molecule has 0 unspecified atom stereocenters. The van der Waals surface area contributed by atoms with Gasteiger partial charge in [0, 0.05) is 0 Å². The Morgan fingerprint density at radius 2 is 0.732 bits per heavy atom. The first-order valence-electron chi connectivity index (χ1n) is 12.9. The molecule has 0 amide bonds. The average molecular weight is 649 g/mol. The van der Waals surface area contributed by atoms with Crippen LogP contribution in [0.3, 0.4) is 0 Å². The molecule has 2 aliphatic carbocycles. The van der Waals surface area contributed by atoms with E-state index in [1.165, 1.54) is 44.5 Å². The molecule has 2 aliphatic rings. The van der Waals surface area contributed by atoms with Crippen molar-refractivity contribution in [2.45, 2.75) is 12.8 Å². The maximum absolute atomic E-state index is 3.30. The zero-order chi connectivity index (χ0) is 25.8. The summed E-state index contributed by atoms with van der Waals surface area (Å²) in [7, 11) is 0. The van der Waals surface area contributed by atoms with Gasteiger partial charge in [-0.3, -0.25) is 0 Å². The molecule has 0 nitrogen and oxygen atoms in total. The zero-order valence-corrected chi connectivity index (χ0v) is 26.7. The van der Waals surface area contributed by atoms with E-state index in [4.69, 9.17) is 0 Å². The molecule has 6 aromatic carbocycles. The van der Waals surface area contributed by atoms with Crippen molar-refractivity contribution in [2.24, 2.45) is 0 Å². The van der Waals surface area contributed by atoms with E-state index < -0.39 is 0 Å². The first-order valence-corrected chi connectivity index (χ1v) is 12.9. The summed E-state index contributed by atoms with van der Waals surface area (Å²) in [6.07, 6.45) is 2.10. The van der Waals surface area contributed by atoms with Crippen molar-refractivity contribution in [2.75, 3.05) is 0 Å². The molecule has 6 aromatic rings. The van der Waals surface area contributed by atoms with E-state index >= 15 is 0 Å². The molecule has 41 heavy (non-hydrogen) atoms. The number of hydrogen-bond acceptors (Lipinski definition) is 0. The van der Waals surface area contributed by atoms with Gasteiger partial charge in [0.2, 0.25) is 0 Å². The van der Waals surface area contributed by atoms with E-state index in [1.54, 1.807) is 0 Å². The Balaban J connectivity index is 0.000000198. The van der Waals surface area contributed by atoms with Crippen molar-refractivity contribution in [3.8, 4) is 22.3 Å². The second kappa shape index (κ2) is 18.3. The summed E-state index contributed by atoms with van der Waals surface area (Å²) in [5.74, 6) is 0. The van der Waals surface area contributed by atoms with Gasteiger partial charge in [0.25, 0.3) is 0 Å². The predicted molar refractivity (Wildman–Crippen MR) is 172 cm³/mol. The quantitative estimate of drug-likeness (QED) is 0.144. The minimum Gasteiger partial charge on any atom is -0.184 e. The van der Waals surface area contributed by atoms with Crippen LogP contribution in [0.1, 0.15) is 22.3 Å². The van der Waals surface area contributed by atoms with Crippen LogP contribution in [0.15, 0.2) is 146 Å². The van der Waals surface area contributed by atoms with Crippen LogP contribution in [0, 0.1) is 24.3 Å². The van der Waals surface area contributed by atoms with Gasteiger partial charge in [0.05, 0.1) is 0 Å². The number of hydrogen-bond donors (Lipinski definition) is 0. The van der Waals surface area contributed by atoms with Gasteiger partial charge in [-0.1, -0.05) is 70.8 Å². The Morgan fingerprint density at radius 3 is 1.07 bits per heavy atom. The van der Waals surface area contributed by atoms with Crippen LogP contribution in [0.4, 0.5) is 0 Å². The van der Waals surface area contributed by atoms with E-state index in [9.17, 15) is 0 Å². The Labute approximate surface area is 276 Å². The van der Waals surface area contributed by atoms with Crippen molar-refractivity contribution in [3.05, 3.63) is 192 Å². The number of halogens is 2. The molecule has 0 spiro atoms. The predicted octanol–water partition coefficient (Wildman–Crippen LogP) is 9.93.